The van der Waals surface area contributed by atoms with Crippen molar-refractivity contribution in [2.45, 2.75) is 19.5 Å². The van der Waals surface area contributed by atoms with E-state index in [1.54, 1.807) is 0 Å². The molecule has 92 valence electrons. The van der Waals surface area contributed by atoms with E-state index in [1.165, 1.54) is 0 Å². The Morgan fingerprint density at radius 3 is 3.18 bits per heavy atom. The van der Waals surface area contributed by atoms with E-state index in [9.17, 15) is 4.79 Å². The summed E-state index contributed by atoms with van der Waals surface area (Å²) in [6.45, 7) is 4.23. The van der Waals surface area contributed by atoms with E-state index in [0.717, 1.165) is 24.6 Å². The average Bonchev–Trinajstić information content (AvgIpc) is 2.35. The number of carbonyl (C=O) groups is 1. The summed E-state index contributed by atoms with van der Waals surface area (Å²) in [5.41, 5.74) is 0.985. The summed E-state index contributed by atoms with van der Waals surface area (Å²) < 4.78 is 0. The van der Waals surface area contributed by atoms with Crippen LogP contribution in [-0.4, -0.2) is 42.0 Å². The molecule has 1 unspecified atom stereocenters. The Morgan fingerprint density at radius 1 is 1.59 bits per heavy atom. The first-order valence-electron chi connectivity index (χ1n) is 5.86. The molecule has 0 saturated carbocycles. The number of hydrogen-bond acceptors (Lipinski definition) is 4. The lowest BCUT2D eigenvalue weighted by molar-refractivity contribution is -0.128. The summed E-state index contributed by atoms with van der Waals surface area (Å²) in [7, 11) is 1.85. The molecule has 0 radical (unpaired) electrons. The van der Waals surface area contributed by atoms with Gasteiger partial charge in [0.1, 0.15) is 5.82 Å². The van der Waals surface area contributed by atoms with Crippen molar-refractivity contribution in [2.24, 2.45) is 0 Å². The quantitative estimate of drug-likeness (QED) is 0.797. The highest BCUT2D eigenvalue weighted by atomic mass is 16.2. The predicted octanol–water partition coefficient (Wildman–Crippen LogP) is 0.444. The van der Waals surface area contributed by atoms with Crippen molar-refractivity contribution < 1.29 is 4.79 Å². The van der Waals surface area contributed by atoms with Crippen LogP contribution >= 0.6 is 0 Å². The number of aromatic nitrogens is 1. The van der Waals surface area contributed by atoms with E-state index in [0.29, 0.717) is 6.54 Å². The molecule has 0 aliphatic carbocycles. The highest BCUT2D eigenvalue weighted by Crippen LogP contribution is 2.11. The van der Waals surface area contributed by atoms with Gasteiger partial charge in [0, 0.05) is 26.7 Å². The molecule has 0 bridgehead atoms. The van der Waals surface area contributed by atoms with Gasteiger partial charge in [0.2, 0.25) is 5.91 Å². The maximum absolute atomic E-state index is 11.5. The second-order valence-electron chi connectivity index (χ2n) is 4.20. The lowest BCUT2D eigenvalue weighted by Gasteiger charge is -2.32. The first-order chi connectivity index (χ1) is 8.20. The van der Waals surface area contributed by atoms with Crippen LogP contribution in [0.5, 0.6) is 0 Å². The van der Waals surface area contributed by atoms with Crippen LogP contribution in [0, 0.1) is 0 Å². The monoisotopic (exact) mass is 234 g/mol. The van der Waals surface area contributed by atoms with E-state index < -0.39 is 0 Å². The predicted molar refractivity (Wildman–Crippen MR) is 66.7 cm³/mol. The van der Waals surface area contributed by atoms with Gasteiger partial charge >= 0.3 is 0 Å². The average molecular weight is 234 g/mol. The molecule has 17 heavy (non-hydrogen) atoms. The Labute approximate surface area is 101 Å². The van der Waals surface area contributed by atoms with Crippen LogP contribution in [-0.2, 0) is 11.3 Å². The van der Waals surface area contributed by atoms with E-state index in [1.807, 2.05) is 32.2 Å². The Kier molecular flexibility index (Phi) is 3.58. The minimum absolute atomic E-state index is 0.0798. The molecule has 1 aliphatic rings. The van der Waals surface area contributed by atoms with Crippen molar-refractivity contribution in [3.05, 3.63) is 23.9 Å². The van der Waals surface area contributed by atoms with Gasteiger partial charge in [0.15, 0.2) is 0 Å². The molecule has 1 fully saturated rings. The smallest absolute Gasteiger partial charge is 0.237 e. The zero-order chi connectivity index (χ0) is 12.3. The van der Waals surface area contributed by atoms with Gasteiger partial charge < -0.3 is 10.6 Å². The van der Waals surface area contributed by atoms with Gasteiger partial charge in [0.05, 0.1) is 11.7 Å². The lowest BCUT2D eigenvalue weighted by Crippen LogP contribution is -2.53. The van der Waals surface area contributed by atoms with Crippen molar-refractivity contribution in [1.29, 1.82) is 0 Å². The van der Waals surface area contributed by atoms with Crippen molar-refractivity contribution in [1.82, 2.24) is 15.2 Å². The van der Waals surface area contributed by atoms with Crippen LogP contribution in [0.25, 0.3) is 0 Å². The molecule has 1 saturated heterocycles. The van der Waals surface area contributed by atoms with E-state index in [-0.39, 0.29) is 11.9 Å². The molecule has 0 aromatic carbocycles. The van der Waals surface area contributed by atoms with Crippen LogP contribution in [0.15, 0.2) is 18.2 Å². The van der Waals surface area contributed by atoms with Crippen molar-refractivity contribution in [3.8, 4) is 0 Å². The maximum atomic E-state index is 11.5. The van der Waals surface area contributed by atoms with Crippen LogP contribution in [0.2, 0.25) is 0 Å². The Balaban J connectivity index is 2.06. The first kappa shape index (κ1) is 11.9. The normalized spacial score (nSPS) is 21.1. The fraction of sp³-hybridized carbons (Fsp3) is 0.500. The van der Waals surface area contributed by atoms with Gasteiger partial charge in [-0.15, -0.1) is 0 Å². The number of nitrogens with one attached hydrogen (secondary N) is 2. The first-order valence-corrected chi connectivity index (χ1v) is 5.86. The molecular weight excluding hydrogens is 216 g/mol. The highest BCUT2D eigenvalue weighted by molar-refractivity contribution is 5.81. The zero-order valence-electron chi connectivity index (χ0n) is 10.2. The van der Waals surface area contributed by atoms with Gasteiger partial charge in [-0.1, -0.05) is 6.07 Å². The summed E-state index contributed by atoms with van der Waals surface area (Å²) in [6.07, 6.45) is 0. The minimum Gasteiger partial charge on any atom is -0.373 e. The number of rotatable bonds is 3. The number of pyridine rings is 1. The van der Waals surface area contributed by atoms with Crippen LogP contribution < -0.4 is 10.6 Å². The summed E-state index contributed by atoms with van der Waals surface area (Å²) in [4.78, 5) is 18.1. The minimum atomic E-state index is -0.0798. The molecule has 2 heterocycles. The zero-order valence-corrected chi connectivity index (χ0v) is 10.2. The molecule has 1 amide bonds. The van der Waals surface area contributed by atoms with Crippen LogP contribution in [0.4, 0.5) is 5.82 Å². The second-order valence-corrected chi connectivity index (χ2v) is 4.20. The maximum Gasteiger partial charge on any atom is 0.237 e. The topological polar surface area (TPSA) is 57.3 Å². The summed E-state index contributed by atoms with van der Waals surface area (Å²) in [6, 6.07) is 5.81. The third-order valence-corrected chi connectivity index (χ3v) is 3.05. The standard InChI is InChI=1S/C12H18N4O/c1-9-12(17)14-6-7-16(9)8-10-4-3-5-11(13-2)15-10/h3-5,9H,6-8H2,1-2H3,(H,13,15)(H,14,17). The summed E-state index contributed by atoms with van der Waals surface area (Å²) in [5.74, 6) is 0.956. The van der Waals surface area contributed by atoms with Gasteiger partial charge in [-0.3, -0.25) is 9.69 Å². The molecule has 1 aliphatic heterocycles. The molecule has 5 nitrogen and oxygen atoms in total. The Bertz CT molecular complexity index is 407. The molecule has 1 atom stereocenters. The largest absolute Gasteiger partial charge is 0.373 e. The number of carbonyl (C=O) groups excluding carboxylic acids is 1. The van der Waals surface area contributed by atoms with Crippen molar-refractivity contribution >= 4 is 11.7 Å². The van der Waals surface area contributed by atoms with E-state index in [2.05, 4.69) is 20.5 Å². The number of amides is 1. The van der Waals surface area contributed by atoms with Gasteiger partial charge in [-0.2, -0.15) is 0 Å². The van der Waals surface area contributed by atoms with Gasteiger partial charge in [-0.05, 0) is 19.1 Å². The molecule has 5 heteroatoms. The highest BCUT2D eigenvalue weighted by Gasteiger charge is 2.25. The molecule has 0 spiro atoms. The van der Waals surface area contributed by atoms with E-state index >= 15 is 0 Å². The van der Waals surface area contributed by atoms with Gasteiger partial charge in [0.25, 0.3) is 0 Å². The van der Waals surface area contributed by atoms with E-state index in [4.69, 9.17) is 0 Å². The summed E-state index contributed by atoms with van der Waals surface area (Å²) in [5, 5.41) is 5.87. The molecule has 1 aromatic rings. The fourth-order valence-corrected chi connectivity index (χ4v) is 1.96. The van der Waals surface area contributed by atoms with Crippen molar-refractivity contribution in [3.63, 3.8) is 0 Å². The molecule has 2 rings (SSSR count). The number of hydrogen-bond donors (Lipinski definition) is 2. The third kappa shape index (κ3) is 2.74. The Morgan fingerprint density at radius 2 is 2.41 bits per heavy atom. The second kappa shape index (κ2) is 5.14. The van der Waals surface area contributed by atoms with Crippen LogP contribution in [0.1, 0.15) is 12.6 Å². The molecule has 1 aromatic heterocycles. The number of nitrogens with zero attached hydrogens (tertiary/aromatic N) is 2. The fourth-order valence-electron chi connectivity index (χ4n) is 1.96. The molecule has 2 N–H and O–H groups in total. The number of anilines is 1. The molecular formula is C12H18N4O. The Hall–Kier alpha value is -1.62. The third-order valence-electron chi connectivity index (χ3n) is 3.05. The summed E-state index contributed by atoms with van der Waals surface area (Å²) >= 11 is 0. The lowest BCUT2D eigenvalue weighted by atomic mass is 10.2. The number of piperazine rings is 1. The van der Waals surface area contributed by atoms with Crippen molar-refractivity contribution in [2.75, 3.05) is 25.5 Å². The van der Waals surface area contributed by atoms with Gasteiger partial charge in [-0.25, -0.2) is 4.98 Å². The SMILES string of the molecule is CNc1cccc(CN2CCNC(=O)C2C)n1. The van der Waals surface area contributed by atoms with Crippen LogP contribution in [0.3, 0.4) is 0 Å².